The number of halogens is 1. The first kappa shape index (κ1) is 14.3. The van der Waals surface area contributed by atoms with Crippen LogP contribution in [-0.4, -0.2) is 16.0 Å². The lowest BCUT2D eigenvalue weighted by molar-refractivity contribution is -0.384. The van der Waals surface area contributed by atoms with Gasteiger partial charge in [0, 0.05) is 11.6 Å². The molecule has 2 aromatic carbocycles. The van der Waals surface area contributed by atoms with Crippen LogP contribution in [0.5, 0.6) is 11.5 Å². The van der Waals surface area contributed by atoms with E-state index in [1.807, 2.05) is 0 Å². The Morgan fingerprint density at radius 1 is 1.33 bits per heavy atom. The highest BCUT2D eigenvalue weighted by molar-refractivity contribution is 5.97. The molecule has 0 atom stereocenters. The first-order valence-corrected chi connectivity index (χ1v) is 5.71. The van der Waals surface area contributed by atoms with Crippen molar-refractivity contribution in [2.24, 2.45) is 10.9 Å². The number of oxime groups is 1. The molecule has 0 bridgehead atoms. The minimum absolute atomic E-state index is 0.125. The topological polar surface area (TPSA) is 111 Å². The number of non-ortho nitro benzene ring substituents is 1. The molecule has 0 aliphatic carbocycles. The van der Waals surface area contributed by atoms with E-state index in [2.05, 4.69) is 5.16 Å². The molecule has 0 unspecified atom stereocenters. The lowest BCUT2D eigenvalue weighted by Gasteiger charge is -2.07. The van der Waals surface area contributed by atoms with Gasteiger partial charge in [-0.05, 0) is 24.3 Å². The molecule has 3 N–H and O–H groups in total. The smallest absolute Gasteiger partial charge is 0.273 e. The molecule has 0 amide bonds. The van der Waals surface area contributed by atoms with E-state index < -0.39 is 10.7 Å². The molecule has 7 nitrogen and oxygen atoms in total. The zero-order chi connectivity index (χ0) is 15.4. The second kappa shape index (κ2) is 5.87. The average molecular weight is 291 g/mol. The van der Waals surface area contributed by atoms with Crippen LogP contribution in [0.3, 0.4) is 0 Å². The van der Waals surface area contributed by atoms with E-state index in [4.69, 9.17) is 15.7 Å². The Morgan fingerprint density at radius 2 is 2.10 bits per heavy atom. The Balaban J connectivity index is 2.28. The van der Waals surface area contributed by atoms with Crippen molar-refractivity contribution >= 4 is 11.5 Å². The van der Waals surface area contributed by atoms with Crippen LogP contribution in [0, 0.1) is 15.9 Å². The molecule has 8 heteroatoms. The number of hydrogen-bond acceptors (Lipinski definition) is 5. The van der Waals surface area contributed by atoms with Crippen molar-refractivity contribution in [3.05, 3.63) is 64.0 Å². The highest BCUT2D eigenvalue weighted by atomic mass is 19.1. The van der Waals surface area contributed by atoms with E-state index in [-0.39, 0.29) is 28.6 Å². The Hall–Kier alpha value is -3.16. The second-order valence-corrected chi connectivity index (χ2v) is 3.99. The number of ether oxygens (including phenoxy) is 1. The van der Waals surface area contributed by atoms with Crippen LogP contribution in [-0.2, 0) is 0 Å². The lowest BCUT2D eigenvalue weighted by Crippen LogP contribution is -2.13. The van der Waals surface area contributed by atoms with Gasteiger partial charge >= 0.3 is 0 Å². The predicted molar refractivity (Wildman–Crippen MR) is 72.1 cm³/mol. The number of nitrogens with zero attached hydrogens (tertiary/aromatic N) is 2. The van der Waals surface area contributed by atoms with Gasteiger partial charge in [-0.2, -0.15) is 0 Å². The van der Waals surface area contributed by atoms with E-state index in [1.54, 1.807) is 0 Å². The number of nitro groups is 1. The fourth-order valence-corrected chi connectivity index (χ4v) is 1.59. The number of amidine groups is 1. The van der Waals surface area contributed by atoms with Crippen molar-refractivity contribution < 1.29 is 19.3 Å². The van der Waals surface area contributed by atoms with Gasteiger partial charge in [-0.3, -0.25) is 10.1 Å². The van der Waals surface area contributed by atoms with E-state index in [0.29, 0.717) is 0 Å². The van der Waals surface area contributed by atoms with E-state index in [0.717, 1.165) is 6.07 Å². The number of nitrogens with two attached hydrogens (primary N) is 1. The number of benzene rings is 2. The van der Waals surface area contributed by atoms with Crippen LogP contribution in [0.15, 0.2) is 47.6 Å². The van der Waals surface area contributed by atoms with Crippen molar-refractivity contribution in [1.29, 1.82) is 0 Å². The first-order valence-electron chi connectivity index (χ1n) is 5.71. The van der Waals surface area contributed by atoms with Gasteiger partial charge in [0.2, 0.25) is 0 Å². The molecule has 21 heavy (non-hydrogen) atoms. The Morgan fingerprint density at radius 3 is 2.71 bits per heavy atom. The van der Waals surface area contributed by atoms with Crippen LogP contribution < -0.4 is 10.5 Å². The normalized spacial score (nSPS) is 11.2. The van der Waals surface area contributed by atoms with E-state index in [9.17, 15) is 14.5 Å². The van der Waals surface area contributed by atoms with Crippen molar-refractivity contribution in [1.82, 2.24) is 0 Å². The summed E-state index contributed by atoms with van der Waals surface area (Å²) in [7, 11) is 0. The van der Waals surface area contributed by atoms with Crippen LogP contribution in [0.2, 0.25) is 0 Å². The van der Waals surface area contributed by atoms with Crippen LogP contribution in [0.1, 0.15) is 5.56 Å². The highest BCUT2D eigenvalue weighted by Crippen LogP contribution is 2.27. The molecule has 0 fully saturated rings. The van der Waals surface area contributed by atoms with Crippen molar-refractivity contribution in [3.63, 3.8) is 0 Å². The van der Waals surface area contributed by atoms with E-state index in [1.165, 1.54) is 36.4 Å². The maximum Gasteiger partial charge on any atom is 0.273 e. The number of rotatable bonds is 4. The molecule has 0 spiro atoms. The van der Waals surface area contributed by atoms with Gasteiger partial charge < -0.3 is 15.7 Å². The third kappa shape index (κ3) is 3.24. The maximum atomic E-state index is 13.8. The van der Waals surface area contributed by atoms with Gasteiger partial charge in [-0.1, -0.05) is 11.2 Å². The number of nitro benzene ring substituents is 1. The summed E-state index contributed by atoms with van der Waals surface area (Å²) in [6, 6.07) is 9.07. The van der Waals surface area contributed by atoms with Crippen molar-refractivity contribution in [2.45, 2.75) is 0 Å². The Kier molecular flexibility index (Phi) is 3.98. The Bertz CT molecular complexity index is 718. The van der Waals surface area contributed by atoms with Gasteiger partial charge in [0.15, 0.2) is 17.4 Å². The summed E-state index contributed by atoms with van der Waals surface area (Å²) < 4.78 is 19.1. The summed E-state index contributed by atoms with van der Waals surface area (Å²) >= 11 is 0. The summed E-state index contributed by atoms with van der Waals surface area (Å²) in [5.41, 5.74) is 5.35. The molecule has 0 heterocycles. The average Bonchev–Trinajstić information content (AvgIpc) is 2.48. The predicted octanol–water partition coefficient (Wildman–Crippen LogP) is 2.62. The molecule has 0 saturated carbocycles. The zero-order valence-corrected chi connectivity index (χ0v) is 10.6. The van der Waals surface area contributed by atoms with Gasteiger partial charge in [-0.15, -0.1) is 0 Å². The molecule has 0 aliphatic heterocycles. The summed E-state index contributed by atoms with van der Waals surface area (Å²) in [5, 5.41) is 21.9. The molecule has 108 valence electrons. The fourth-order valence-electron chi connectivity index (χ4n) is 1.59. The summed E-state index contributed by atoms with van der Waals surface area (Å²) in [5.74, 6) is -0.994. The molecule has 0 radical (unpaired) electrons. The third-order valence-corrected chi connectivity index (χ3v) is 2.59. The molecular formula is C13H10FN3O4. The van der Waals surface area contributed by atoms with Crippen molar-refractivity contribution in [3.8, 4) is 11.5 Å². The lowest BCUT2D eigenvalue weighted by atomic mass is 10.2. The largest absolute Gasteiger partial charge is 0.454 e. The van der Waals surface area contributed by atoms with Crippen LogP contribution in [0.4, 0.5) is 10.1 Å². The monoisotopic (exact) mass is 291 g/mol. The van der Waals surface area contributed by atoms with E-state index >= 15 is 0 Å². The first-order chi connectivity index (χ1) is 10.0. The second-order valence-electron chi connectivity index (χ2n) is 3.99. The molecule has 2 aromatic rings. The van der Waals surface area contributed by atoms with Gasteiger partial charge in [0.05, 0.1) is 11.0 Å². The zero-order valence-electron chi connectivity index (χ0n) is 10.6. The molecule has 0 aromatic heterocycles. The standard InChI is InChI=1S/C13H10FN3O4/c14-11-6-8(13(15)16-18)4-5-12(11)21-10-3-1-2-9(7-10)17(19)20/h1-7,18H,(H2,15,16). The maximum absolute atomic E-state index is 13.8. The van der Waals surface area contributed by atoms with Gasteiger partial charge in [0.1, 0.15) is 5.75 Å². The fraction of sp³-hybridized carbons (Fsp3) is 0. The van der Waals surface area contributed by atoms with Gasteiger partial charge in [-0.25, -0.2) is 4.39 Å². The molecular weight excluding hydrogens is 281 g/mol. The van der Waals surface area contributed by atoms with Crippen LogP contribution in [0.25, 0.3) is 0 Å². The molecule has 0 aliphatic rings. The summed E-state index contributed by atoms with van der Waals surface area (Å²) in [6.07, 6.45) is 0. The third-order valence-electron chi connectivity index (χ3n) is 2.59. The summed E-state index contributed by atoms with van der Waals surface area (Å²) in [6.45, 7) is 0. The molecule has 2 rings (SSSR count). The minimum atomic E-state index is -0.745. The Labute approximate surface area is 118 Å². The minimum Gasteiger partial charge on any atom is -0.454 e. The SMILES string of the molecule is N/C(=N\O)c1ccc(Oc2cccc([N+](=O)[O-])c2)c(F)c1. The molecule has 0 saturated heterocycles. The van der Waals surface area contributed by atoms with Gasteiger partial charge in [0.25, 0.3) is 5.69 Å². The summed E-state index contributed by atoms with van der Waals surface area (Å²) in [4.78, 5) is 10.1. The number of hydrogen-bond donors (Lipinski definition) is 2. The van der Waals surface area contributed by atoms with Crippen LogP contribution >= 0.6 is 0 Å². The quantitative estimate of drug-likeness (QED) is 0.296. The van der Waals surface area contributed by atoms with Crippen molar-refractivity contribution in [2.75, 3.05) is 0 Å². The highest BCUT2D eigenvalue weighted by Gasteiger charge is 2.11.